The number of carboxylic acids is 1. The Kier molecular flexibility index (Phi) is 4.75. The Hall–Kier alpha value is -1.31. The third kappa shape index (κ3) is 3.66. The highest BCUT2D eigenvalue weighted by molar-refractivity contribution is 7.91. The van der Waals surface area contributed by atoms with Crippen LogP contribution >= 0.6 is 0 Å². The van der Waals surface area contributed by atoms with Gasteiger partial charge in [-0.15, -0.1) is 0 Å². The average molecular weight is 318 g/mol. The number of likely N-dealkylation sites (tertiary alicyclic amines) is 1. The zero-order valence-electron chi connectivity index (χ0n) is 12.2. The quantitative estimate of drug-likeness (QED) is 0.796. The van der Waals surface area contributed by atoms with Crippen LogP contribution in [0.15, 0.2) is 0 Å². The predicted molar refractivity (Wildman–Crippen MR) is 76.8 cm³/mol. The molecule has 0 radical (unpaired) electrons. The van der Waals surface area contributed by atoms with Gasteiger partial charge in [0.1, 0.15) is 6.04 Å². The molecule has 2 unspecified atom stereocenters. The smallest absolute Gasteiger partial charge is 0.326 e. The first-order chi connectivity index (χ1) is 9.84. The van der Waals surface area contributed by atoms with Gasteiger partial charge in [0.15, 0.2) is 9.84 Å². The minimum Gasteiger partial charge on any atom is -0.480 e. The second-order valence-corrected chi connectivity index (χ2v) is 8.07. The molecule has 2 fully saturated rings. The van der Waals surface area contributed by atoms with Crippen LogP contribution in [0.4, 0.5) is 4.79 Å². The van der Waals surface area contributed by atoms with Gasteiger partial charge in [-0.25, -0.2) is 18.0 Å². The van der Waals surface area contributed by atoms with E-state index in [-0.39, 0.29) is 30.6 Å². The molecule has 120 valence electrons. The fourth-order valence-corrected chi connectivity index (χ4v) is 4.16. The number of hydrogen-bond acceptors (Lipinski definition) is 4. The second kappa shape index (κ2) is 6.21. The van der Waals surface area contributed by atoms with Gasteiger partial charge >= 0.3 is 12.0 Å². The summed E-state index contributed by atoms with van der Waals surface area (Å²) < 4.78 is 22.8. The van der Waals surface area contributed by atoms with Crippen molar-refractivity contribution in [2.24, 2.45) is 5.92 Å². The van der Waals surface area contributed by atoms with E-state index in [4.69, 9.17) is 0 Å². The van der Waals surface area contributed by atoms with Crippen LogP contribution in [-0.2, 0) is 14.6 Å². The number of amides is 2. The lowest BCUT2D eigenvalue weighted by Crippen LogP contribution is -2.57. The van der Waals surface area contributed by atoms with Crippen LogP contribution < -0.4 is 0 Å². The summed E-state index contributed by atoms with van der Waals surface area (Å²) in [5.41, 5.74) is 0. The van der Waals surface area contributed by atoms with Gasteiger partial charge in [-0.05, 0) is 18.8 Å². The zero-order valence-corrected chi connectivity index (χ0v) is 13.0. The van der Waals surface area contributed by atoms with E-state index in [1.165, 1.54) is 9.80 Å². The Morgan fingerprint density at radius 1 is 1.19 bits per heavy atom. The minimum absolute atomic E-state index is 0.0398. The van der Waals surface area contributed by atoms with Gasteiger partial charge in [-0.1, -0.05) is 13.3 Å². The molecular weight excluding hydrogens is 296 g/mol. The average Bonchev–Trinajstić information content (AvgIpc) is 2.45. The van der Waals surface area contributed by atoms with Crippen molar-refractivity contribution in [2.75, 3.05) is 31.1 Å². The van der Waals surface area contributed by atoms with E-state index in [1.54, 1.807) is 0 Å². The molecule has 21 heavy (non-hydrogen) atoms. The normalized spacial score (nSPS) is 29.2. The van der Waals surface area contributed by atoms with E-state index < -0.39 is 21.8 Å². The largest absolute Gasteiger partial charge is 0.480 e. The standard InChI is InChI=1S/C13H22N2O5S/c1-2-10-3-4-15(11(9-10)12(16)17)13(18)14-5-7-21(19,20)8-6-14/h10-11H,2-9H2,1H3,(H,16,17). The Labute approximate surface area is 124 Å². The first kappa shape index (κ1) is 16.1. The first-order valence-electron chi connectivity index (χ1n) is 7.33. The third-order valence-corrected chi connectivity index (χ3v) is 6.04. The van der Waals surface area contributed by atoms with Crippen molar-refractivity contribution in [2.45, 2.75) is 32.2 Å². The van der Waals surface area contributed by atoms with Gasteiger partial charge < -0.3 is 14.9 Å². The van der Waals surface area contributed by atoms with Crippen molar-refractivity contribution in [1.82, 2.24) is 9.80 Å². The van der Waals surface area contributed by atoms with Gasteiger partial charge in [0.05, 0.1) is 11.5 Å². The predicted octanol–water partition coefficient (Wildman–Crippen LogP) is 0.412. The SMILES string of the molecule is CCC1CCN(C(=O)N2CCS(=O)(=O)CC2)C(C(=O)O)C1. The molecule has 0 aromatic carbocycles. The van der Waals surface area contributed by atoms with Crippen molar-refractivity contribution in [1.29, 1.82) is 0 Å². The molecule has 2 amide bonds. The minimum atomic E-state index is -3.05. The summed E-state index contributed by atoms with van der Waals surface area (Å²) in [6.45, 7) is 2.76. The van der Waals surface area contributed by atoms with Crippen molar-refractivity contribution < 1.29 is 23.1 Å². The molecule has 2 aliphatic heterocycles. The number of sulfone groups is 1. The Morgan fingerprint density at radius 3 is 2.33 bits per heavy atom. The lowest BCUT2D eigenvalue weighted by molar-refractivity contribution is -0.144. The fourth-order valence-electron chi connectivity index (χ4n) is 2.96. The van der Waals surface area contributed by atoms with Crippen LogP contribution in [0.25, 0.3) is 0 Å². The Morgan fingerprint density at radius 2 is 1.81 bits per heavy atom. The molecule has 0 aromatic rings. The lowest BCUT2D eigenvalue weighted by atomic mass is 9.89. The number of carboxylic acid groups (broad SMARTS) is 1. The monoisotopic (exact) mass is 318 g/mol. The van der Waals surface area contributed by atoms with E-state index in [9.17, 15) is 23.1 Å². The van der Waals surface area contributed by atoms with E-state index >= 15 is 0 Å². The maximum absolute atomic E-state index is 12.5. The summed E-state index contributed by atoms with van der Waals surface area (Å²) in [6.07, 6.45) is 2.19. The van der Waals surface area contributed by atoms with E-state index in [1.807, 2.05) is 6.92 Å². The van der Waals surface area contributed by atoms with Crippen LogP contribution in [0.2, 0.25) is 0 Å². The van der Waals surface area contributed by atoms with Crippen LogP contribution in [-0.4, -0.2) is 72.5 Å². The molecule has 8 heteroatoms. The molecule has 0 saturated carbocycles. The van der Waals surface area contributed by atoms with E-state index in [0.717, 1.165) is 12.8 Å². The van der Waals surface area contributed by atoms with Gasteiger partial charge in [0.2, 0.25) is 0 Å². The highest BCUT2D eigenvalue weighted by Gasteiger charge is 2.38. The highest BCUT2D eigenvalue weighted by atomic mass is 32.2. The first-order valence-corrected chi connectivity index (χ1v) is 9.15. The van der Waals surface area contributed by atoms with Crippen molar-refractivity contribution in [3.05, 3.63) is 0 Å². The van der Waals surface area contributed by atoms with E-state index in [0.29, 0.717) is 18.9 Å². The molecule has 2 atom stereocenters. The molecule has 2 heterocycles. The summed E-state index contributed by atoms with van der Waals surface area (Å²) in [6, 6.07) is -1.14. The zero-order chi connectivity index (χ0) is 15.6. The summed E-state index contributed by atoms with van der Waals surface area (Å²) in [7, 11) is -3.05. The maximum atomic E-state index is 12.5. The van der Waals surface area contributed by atoms with Crippen LogP contribution in [0.5, 0.6) is 0 Å². The molecule has 2 aliphatic rings. The van der Waals surface area contributed by atoms with E-state index in [2.05, 4.69) is 0 Å². The molecule has 2 saturated heterocycles. The maximum Gasteiger partial charge on any atom is 0.326 e. The summed E-state index contributed by atoms with van der Waals surface area (Å²) >= 11 is 0. The second-order valence-electron chi connectivity index (χ2n) is 5.77. The third-order valence-electron chi connectivity index (χ3n) is 4.43. The molecule has 0 spiro atoms. The van der Waals surface area contributed by atoms with Gasteiger partial charge in [-0.2, -0.15) is 0 Å². The van der Waals surface area contributed by atoms with Crippen LogP contribution in [0, 0.1) is 5.92 Å². The lowest BCUT2D eigenvalue weighted by Gasteiger charge is -2.40. The van der Waals surface area contributed by atoms with Gasteiger partial charge in [-0.3, -0.25) is 0 Å². The number of carbonyl (C=O) groups excluding carboxylic acids is 1. The van der Waals surface area contributed by atoms with Crippen molar-refractivity contribution >= 4 is 21.8 Å². The van der Waals surface area contributed by atoms with Gasteiger partial charge in [0, 0.05) is 19.6 Å². The number of rotatable bonds is 2. The summed E-state index contributed by atoms with van der Waals surface area (Å²) in [5.74, 6) is -0.730. The Bertz CT molecular complexity index is 505. The number of aliphatic carboxylic acids is 1. The number of nitrogens with zero attached hydrogens (tertiary/aromatic N) is 2. The number of piperidine rings is 1. The van der Waals surface area contributed by atoms with Crippen molar-refractivity contribution in [3.63, 3.8) is 0 Å². The number of carbonyl (C=O) groups is 2. The van der Waals surface area contributed by atoms with Gasteiger partial charge in [0.25, 0.3) is 0 Å². The highest BCUT2D eigenvalue weighted by Crippen LogP contribution is 2.26. The topological polar surface area (TPSA) is 95.0 Å². The molecule has 2 rings (SSSR count). The van der Waals surface area contributed by atoms with Crippen LogP contribution in [0.3, 0.4) is 0 Å². The molecule has 1 N–H and O–H groups in total. The molecular formula is C13H22N2O5S. The molecule has 0 aromatic heterocycles. The summed E-state index contributed by atoms with van der Waals surface area (Å²) in [4.78, 5) is 26.7. The molecule has 0 bridgehead atoms. The fraction of sp³-hybridized carbons (Fsp3) is 0.846. The molecule has 7 nitrogen and oxygen atoms in total. The molecule has 0 aliphatic carbocycles. The number of urea groups is 1. The Balaban J connectivity index is 2.05. The van der Waals surface area contributed by atoms with Crippen LogP contribution in [0.1, 0.15) is 26.2 Å². The summed E-state index contributed by atoms with van der Waals surface area (Å²) in [5, 5.41) is 9.34. The van der Waals surface area contributed by atoms with Crippen molar-refractivity contribution in [3.8, 4) is 0 Å². The number of hydrogen-bond donors (Lipinski definition) is 1.